The van der Waals surface area contributed by atoms with Gasteiger partial charge in [-0.05, 0) is 50.6 Å². The zero-order valence-corrected chi connectivity index (χ0v) is 18.3. The van der Waals surface area contributed by atoms with Crippen molar-refractivity contribution in [1.29, 1.82) is 0 Å². The molecule has 2 aromatic rings. The summed E-state index contributed by atoms with van der Waals surface area (Å²) in [4.78, 5) is 37.4. The van der Waals surface area contributed by atoms with Crippen LogP contribution in [0.4, 0.5) is 4.79 Å². The molecule has 2 atom stereocenters. The molecule has 3 rings (SSSR count). The van der Waals surface area contributed by atoms with E-state index in [4.69, 9.17) is 14.2 Å². The molecule has 8 nitrogen and oxygen atoms in total. The smallest absolute Gasteiger partial charge is 0.411 e. The van der Waals surface area contributed by atoms with Gasteiger partial charge < -0.3 is 19.3 Å². The number of likely N-dealkylation sites (tertiary alicyclic amines) is 1. The Bertz CT molecular complexity index is 951. The maximum absolute atomic E-state index is 12.4. The van der Waals surface area contributed by atoms with E-state index in [0.29, 0.717) is 11.3 Å². The van der Waals surface area contributed by atoms with Gasteiger partial charge in [-0.3, -0.25) is 4.90 Å². The molecule has 1 aliphatic heterocycles. The molecule has 1 heterocycles. The minimum absolute atomic E-state index is 0.0900. The second kappa shape index (κ2) is 9.72. The highest BCUT2D eigenvalue weighted by atomic mass is 16.6. The molecule has 0 spiro atoms. The van der Waals surface area contributed by atoms with Crippen LogP contribution in [0.15, 0.2) is 54.6 Å². The average Bonchev–Trinajstić information content (AvgIpc) is 3.16. The number of nitrogens with zero attached hydrogens (tertiary/aromatic N) is 1. The lowest BCUT2D eigenvalue weighted by atomic mass is 10.2. The number of carboxylic acid groups (broad SMARTS) is 1. The van der Waals surface area contributed by atoms with Crippen molar-refractivity contribution in [2.45, 2.75) is 51.5 Å². The van der Waals surface area contributed by atoms with Crippen LogP contribution in [0.2, 0.25) is 0 Å². The fourth-order valence-electron chi connectivity index (χ4n) is 3.31. The van der Waals surface area contributed by atoms with Gasteiger partial charge >= 0.3 is 18.0 Å². The highest BCUT2D eigenvalue weighted by Crippen LogP contribution is 2.26. The van der Waals surface area contributed by atoms with Crippen molar-refractivity contribution < 1.29 is 33.7 Å². The Hall–Kier alpha value is -3.55. The van der Waals surface area contributed by atoms with E-state index in [1.807, 2.05) is 30.3 Å². The summed E-state index contributed by atoms with van der Waals surface area (Å²) in [6.45, 7) is 5.43. The van der Waals surface area contributed by atoms with Crippen LogP contribution in [0.25, 0.3) is 0 Å². The lowest BCUT2D eigenvalue weighted by molar-refractivity contribution is -0.142. The Labute approximate surface area is 186 Å². The lowest BCUT2D eigenvalue weighted by Gasteiger charge is -2.26. The Morgan fingerprint density at radius 1 is 1.03 bits per heavy atom. The maximum atomic E-state index is 12.4. The molecule has 1 saturated heterocycles. The van der Waals surface area contributed by atoms with Crippen LogP contribution in [-0.2, 0) is 20.9 Å². The van der Waals surface area contributed by atoms with Crippen LogP contribution in [0.1, 0.15) is 43.1 Å². The molecule has 0 aliphatic carbocycles. The van der Waals surface area contributed by atoms with E-state index in [0.717, 1.165) is 5.56 Å². The maximum Gasteiger partial charge on any atom is 0.411 e. The largest absolute Gasteiger partial charge is 0.488 e. The van der Waals surface area contributed by atoms with Crippen molar-refractivity contribution in [1.82, 2.24) is 4.90 Å². The number of esters is 1. The van der Waals surface area contributed by atoms with Gasteiger partial charge in [0.2, 0.25) is 0 Å². The summed E-state index contributed by atoms with van der Waals surface area (Å²) in [5.41, 5.74) is 0.535. The van der Waals surface area contributed by atoms with Crippen molar-refractivity contribution in [2.24, 2.45) is 0 Å². The number of hydrogen-bond donors (Lipinski definition) is 1. The summed E-state index contributed by atoms with van der Waals surface area (Å²) in [5.74, 6) is -1.11. The van der Waals surface area contributed by atoms with E-state index in [-0.39, 0.29) is 19.6 Å². The van der Waals surface area contributed by atoms with Crippen LogP contribution < -0.4 is 4.74 Å². The van der Waals surface area contributed by atoms with Crippen molar-refractivity contribution in [3.63, 3.8) is 0 Å². The molecule has 1 amide bonds. The van der Waals surface area contributed by atoms with Gasteiger partial charge in [-0.25, -0.2) is 14.4 Å². The highest BCUT2D eigenvalue weighted by molar-refractivity contribution is 5.89. The molecule has 170 valence electrons. The summed E-state index contributed by atoms with van der Waals surface area (Å²) < 4.78 is 16.5. The molecule has 0 saturated carbocycles. The van der Waals surface area contributed by atoms with E-state index in [1.54, 1.807) is 45.0 Å². The Kier molecular flexibility index (Phi) is 7.02. The minimum atomic E-state index is -1.11. The number of ether oxygens (including phenoxy) is 3. The Morgan fingerprint density at radius 2 is 1.69 bits per heavy atom. The predicted molar refractivity (Wildman–Crippen MR) is 115 cm³/mol. The van der Waals surface area contributed by atoms with Crippen molar-refractivity contribution in [2.75, 3.05) is 6.54 Å². The summed E-state index contributed by atoms with van der Waals surface area (Å²) in [6.07, 6.45) is -1.07. The first-order chi connectivity index (χ1) is 15.1. The van der Waals surface area contributed by atoms with Gasteiger partial charge in [0.05, 0.1) is 12.1 Å². The molecule has 0 radical (unpaired) electrons. The van der Waals surface area contributed by atoms with Crippen LogP contribution >= 0.6 is 0 Å². The first kappa shape index (κ1) is 23.1. The molecule has 0 bridgehead atoms. The zero-order chi connectivity index (χ0) is 23.3. The molecule has 1 N–H and O–H groups in total. The lowest BCUT2D eigenvalue weighted by Crippen LogP contribution is -2.43. The quantitative estimate of drug-likeness (QED) is 0.679. The van der Waals surface area contributed by atoms with Gasteiger partial charge in [0.1, 0.15) is 30.1 Å². The number of rotatable bonds is 6. The van der Waals surface area contributed by atoms with Crippen LogP contribution in [0, 0.1) is 0 Å². The van der Waals surface area contributed by atoms with E-state index < -0.39 is 35.8 Å². The van der Waals surface area contributed by atoms with Crippen LogP contribution in [0.3, 0.4) is 0 Å². The van der Waals surface area contributed by atoms with Gasteiger partial charge in [0.25, 0.3) is 0 Å². The molecule has 32 heavy (non-hydrogen) atoms. The third-order valence-corrected chi connectivity index (χ3v) is 4.78. The topological polar surface area (TPSA) is 102 Å². The van der Waals surface area contributed by atoms with Gasteiger partial charge in [-0.1, -0.05) is 30.3 Å². The highest BCUT2D eigenvalue weighted by Gasteiger charge is 2.42. The molecular formula is C24H27NO7. The van der Waals surface area contributed by atoms with Gasteiger partial charge in [0.15, 0.2) is 0 Å². The molecule has 1 fully saturated rings. The first-order valence-corrected chi connectivity index (χ1v) is 10.3. The SMILES string of the molecule is CC(C)(C)OC(=O)N1C[C@@H](Oc2ccc(C(=O)OCc3ccccc3)cc2)C[C@H]1C(=O)O. The van der Waals surface area contributed by atoms with Gasteiger partial charge in [-0.15, -0.1) is 0 Å². The minimum Gasteiger partial charge on any atom is -0.488 e. The molecular weight excluding hydrogens is 414 g/mol. The second-order valence-electron chi connectivity index (χ2n) is 8.55. The number of carbonyl (C=O) groups excluding carboxylic acids is 2. The van der Waals surface area contributed by atoms with Crippen LogP contribution in [0.5, 0.6) is 5.75 Å². The number of amides is 1. The van der Waals surface area contributed by atoms with Crippen molar-refractivity contribution in [3.8, 4) is 5.75 Å². The molecule has 8 heteroatoms. The third-order valence-electron chi connectivity index (χ3n) is 4.78. The molecule has 2 aromatic carbocycles. The Balaban J connectivity index is 1.58. The molecule has 1 aliphatic rings. The Morgan fingerprint density at radius 3 is 2.28 bits per heavy atom. The summed E-state index contributed by atoms with van der Waals surface area (Å²) in [5, 5.41) is 9.49. The van der Waals surface area contributed by atoms with Crippen molar-refractivity contribution in [3.05, 3.63) is 65.7 Å². The first-order valence-electron chi connectivity index (χ1n) is 10.3. The zero-order valence-electron chi connectivity index (χ0n) is 18.3. The van der Waals surface area contributed by atoms with Crippen molar-refractivity contribution >= 4 is 18.0 Å². The number of carbonyl (C=O) groups is 3. The molecule has 0 unspecified atom stereocenters. The molecule has 0 aromatic heterocycles. The summed E-state index contributed by atoms with van der Waals surface area (Å²) >= 11 is 0. The average molecular weight is 441 g/mol. The van der Waals surface area contributed by atoms with Crippen LogP contribution in [-0.4, -0.2) is 52.3 Å². The number of hydrogen-bond acceptors (Lipinski definition) is 6. The standard InChI is InChI=1S/C24H27NO7/c1-24(2,3)32-23(29)25-14-19(13-20(25)21(26)27)31-18-11-9-17(10-12-18)22(28)30-15-16-7-5-4-6-8-16/h4-12,19-20H,13-15H2,1-3H3,(H,26,27)/t19-,20-/m0/s1. The third kappa shape index (κ3) is 6.23. The van der Waals surface area contributed by atoms with E-state index in [2.05, 4.69) is 0 Å². The summed E-state index contributed by atoms with van der Waals surface area (Å²) in [6, 6.07) is 14.7. The van der Waals surface area contributed by atoms with E-state index in [9.17, 15) is 19.5 Å². The van der Waals surface area contributed by atoms with Gasteiger partial charge in [-0.2, -0.15) is 0 Å². The normalized spacial score (nSPS) is 18.2. The number of aliphatic carboxylic acids is 1. The van der Waals surface area contributed by atoms with E-state index in [1.165, 1.54) is 4.90 Å². The fourth-order valence-corrected chi connectivity index (χ4v) is 3.31. The number of carboxylic acids is 1. The van der Waals surface area contributed by atoms with Gasteiger partial charge in [0, 0.05) is 6.42 Å². The predicted octanol–water partition coefficient (Wildman–Crippen LogP) is 3.89. The summed E-state index contributed by atoms with van der Waals surface area (Å²) in [7, 11) is 0. The van der Waals surface area contributed by atoms with E-state index >= 15 is 0 Å². The second-order valence-corrected chi connectivity index (χ2v) is 8.55. The fraction of sp³-hybridized carbons (Fsp3) is 0.375. The number of benzene rings is 2. The monoisotopic (exact) mass is 441 g/mol.